The summed E-state index contributed by atoms with van der Waals surface area (Å²) in [7, 11) is 0. The van der Waals surface area contributed by atoms with Gasteiger partial charge in [-0.25, -0.2) is 4.79 Å². The molecule has 1 aliphatic rings. The van der Waals surface area contributed by atoms with Crippen molar-refractivity contribution in [3.05, 3.63) is 0 Å². The van der Waals surface area contributed by atoms with E-state index in [9.17, 15) is 9.59 Å². The Hall–Kier alpha value is -1.30. The van der Waals surface area contributed by atoms with Crippen molar-refractivity contribution >= 4 is 12.1 Å². The predicted molar refractivity (Wildman–Crippen MR) is 80.4 cm³/mol. The lowest BCUT2D eigenvalue weighted by Crippen LogP contribution is -2.43. The first-order chi connectivity index (χ1) is 9.78. The zero-order valence-corrected chi connectivity index (χ0v) is 13.4. The molecule has 1 aliphatic heterocycles. The number of carbonyl (C=O) groups is 2. The van der Waals surface area contributed by atoms with Crippen LogP contribution in [0.5, 0.6) is 0 Å². The summed E-state index contributed by atoms with van der Waals surface area (Å²) >= 11 is 0. The number of carboxylic acid groups (broad SMARTS) is 1. The average Bonchev–Trinajstić information content (AvgIpc) is 2.37. The second kappa shape index (κ2) is 8.22. The Balaban J connectivity index is 2.49. The first-order valence-corrected chi connectivity index (χ1v) is 7.70. The lowest BCUT2D eigenvalue weighted by atomic mass is 10.1. The quantitative estimate of drug-likeness (QED) is 0.814. The van der Waals surface area contributed by atoms with E-state index in [-0.39, 0.29) is 13.0 Å². The van der Waals surface area contributed by atoms with E-state index in [0.29, 0.717) is 6.54 Å². The van der Waals surface area contributed by atoms with Crippen LogP contribution >= 0.6 is 0 Å². The van der Waals surface area contributed by atoms with E-state index in [4.69, 9.17) is 9.84 Å². The van der Waals surface area contributed by atoms with E-state index in [2.05, 4.69) is 4.90 Å². The highest BCUT2D eigenvalue weighted by Gasteiger charge is 2.23. The molecule has 1 heterocycles. The number of hydrogen-bond acceptors (Lipinski definition) is 4. The van der Waals surface area contributed by atoms with Gasteiger partial charge in [0.2, 0.25) is 0 Å². The molecule has 0 spiro atoms. The summed E-state index contributed by atoms with van der Waals surface area (Å²) in [6.07, 6.45) is 3.17. The second-order valence-electron chi connectivity index (χ2n) is 6.51. The molecule has 122 valence electrons. The molecule has 6 nitrogen and oxygen atoms in total. The third-order valence-electron chi connectivity index (χ3n) is 3.38. The van der Waals surface area contributed by atoms with Crippen LogP contribution in [-0.4, -0.2) is 65.3 Å². The fourth-order valence-electron chi connectivity index (χ4n) is 2.30. The van der Waals surface area contributed by atoms with Gasteiger partial charge in [-0.05, 0) is 46.7 Å². The molecule has 0 radical (unpaired) electrons. The van der Waals surface area contributed by atoms with E-state index >= 15 is 0 Å². The molecular weight excluding hydrogens is 272 g/mol. The molecule has 0 aromatic rings. The van der Waals surface area contributed by atoms with Gasteiger partial charge in [0.25, 0.3) is 0 Å². The molecule has 0 aliphatic carbocycles. The van der Waals surface area contributed by atoms with E-state index in [1.807, 2.05) is 20.8 Å². The summed E-state index contributed by atoms with van der Waals surface area (Å²) in [5.74, 6) is -0.901. The summed E-state index contributed by atoms with van der Waals surface area (Å²) in [5.41, 5.74) is -0.566. The molecule has 1 rings (SSSR count). The number of amides is 1. The molecule has 0 unspecified atom stereocenters. The van der Waals surface area contributed by atoms with Crippen LogP contribution in [0.4, 0.5) is 4.79 Å². The average molecular weight is 300 g/mol. The number of ether oxygens (including phenoxy) is 1. The number of carbonyl (C=O) groups excluding carboxylic acids is 1. The molecule has 21 heavy (non-hydrogen) atoms. The Morgan fingerprint density at radius 2 is 1.76 bits per heavy atom. The van der Waals surface area contributed by atoms with E-state index in [1.54, 1.807) is 0 Å². The number of carboxylic acids is 1. The van der Waals surface area contributed by atoms with Crippen molar-refractivity contribution in [2.75, 3.05) is 32.7 Å². The molecule has 0 bridgehead atoms. The Labute approximate surface area is 127 Å². The lowest BCUT2D eigenvalue weighted by molar-refractivity contribution is -0.137. The van der Waals surface area contributed by atoms with Crippen LogP contribution in [0, 0.1) is 0 Å². The van der Waals surface area contributed by atoms with Crippen molar-refractivity contribution in [1.82, 2.24) is 9.80 Å². The molecular formula is C15H28N2O4. The largest absolute Gasteiger partial charge is 0.481 e. The summed E-state index contributed by atoms with van der Waals surface area (Å²) < 4.78 is 5.35. The maximum Gasteiger partial charge on any atom is 0.410 e. The normalized spacial score (nSPS) is 16.5. The van der Waals surface area contributed by atoms with Gasteiger partial charge in [-0.3, -0.25) is 4.79 Å². The minimum Gasteiger partial charge on any atom is -0.481 e. The number of nitrogens with zero attached hydrogens (tertiary/aromatic N) is 2. The van der Waals surface area contributed by atoms with Gasteiger partial charge in [0.05, 0.1) is 6.42 Å². The summed E-state index contributed by atoms with van der Waals surface area (Å²) in [5, 5.41) is 8.80. The molecule has 0 aromatic heterocycles. The molecule has 1 amide bonds. The maximum atomic E-state index is 12.1. The third kappa shape index (κ3) is 7.90. The highest BCUT2D eigenvalue weighted by atomic mass is 16.6. The Morgan fingerprint density at radius 3 is 2.29 bits per heavy atom. The van der Waals surface area contributed by atoms with Crippen LogP contribution < -0.4 is 0 Å². The molecule has 1 fully saturated rings. The van der Waals surface area contributed by atoms with Crippen molar-refractivity contribution in [3.8, 4) is 0 Å². The molecule has 0 aromatic carbocycles. The highest BCUT2D eigenvalue weighted by Crippen LogP contribution is 2.12. The van der Waals surface area contributed by atoms with E-state index in [1.165, 1.54) is 24.2 Å². The van der Waals surface area contributed by atoms with Crippen LogP contribution in [0.2, 0.25) is 0 Å². The molecule has 1 N–H and O–H groups in total. The summed E-state index contributed by atoms with van der Waals surface area (Å²) in [4.78, 5) is 26.7. The smallest absolute Gasteiger partial charge is 0.410 e. The predicted octanol–water partition coefficient (Wildman–Crippen LogP) is 2.18. The standard InChI is InChI=1S/C15H28N2O4/c1-15(2,3)21-14(20)17(10-7-13(18)19)12-11-16-8-5-4-6-9-16/h4-12H2,1-3H3,(H,18,19). The number of likely N-dealkylation sites (tertiary alicyclic amines) is 1. The van der Waals surface area contributed by atoms with Crippen LogP contribution in [-0.2, 0) is 9.53 Å². The van der Waals surface area contributed by atoms with Gasteiger partial charge < -0.3 is 19.6 Å². The van der Waals surface area contributed by atoms with Crippen molar-refractivity contribution in [3.63, 3.8) is 0 Å². The highest BCUT2D eigenvalue weighted by molar-refractivity contribution is 5.70. The molecule has 0 atom stereocenters. The Kier molecular flexibility index (Phi) is 6.95. The maximum absolute atomic E-state index is 12.1. The summed E-state index contributed by atoms with van der Waals surface area (Å²) in [6.45, 7) is 9.03. The Bertz CT molecular complexity index is 346. The number of aliphatic carboxylic acids is 1. The second-order valence-corrected chi connectivity index (χ2v) is 6.51. The number of piperidine rings is 1. The third-order valence-corrected chi connectivity index (χ3v) is 3.38. The monoisotopic (exact) mass is 300 g/mol. The first kappa shape index (κ1) is 17.8. The fraction of sp³-hybridized carbons (Fsp3) is 0.867. The van der Waals surface area contributed by atoms with Crippen LogP contribution in [0.1, 0.15) is 46.5 Å². The minimum absolute atomic E-state index is 0.0563. The van der Waals surface area contributed by atoms with E-state index in [0.717, 1.165) is 19.6 Å². The van der Waals surface area contributed by atoms with Gasteiger partial charge in [-0.2, -0.15) is 0 Å². The summed E-state index contributed by atoms with van der Waals surface area (Å²) in [6, 6.07) is 0. The van der Waals surface area contributed by atoms with Gasteiger partial charge in [0.15, 0.2) is 0 Å². The van der Waals surface area contributed by atoms with E-state index < -0.39 is 17.7 Å². The molecule has 0 saturated carbocycles. The van der Waals surface area contributed by atoms with Crippen molar-refractivity contribution in [1.29, 1.82) is 0 Å². The topological polar surface area (TPSA) is 70.1 Å². The van der Waals surface area contributed by atoms with Crippen molar-refractivity contribution in [2.45, 2.75) is 52.1 Å². The zero-order chi connectivity index (χ0) is 15.9. The Morgan fingerprint density at radius 1 is 1.14 bits per heavy atom. The van der Waals surface area contributed by atoms with Crippen molar-refractivity contribution < 1.29 is 19.4 Å². The van der Waals surface area contributed by atoms with Gasteiger partial charge in [-0.15, -0.1) is 0 Å². The van der Waals surface area contributed by atoms with Gasteiger partial charge >= 0.3 is 12.1 Å². The van der Waals surface area contributed by atoms with Gasteiger partial charge in [0.1, 0.15) is 5.60 Å². The number of rotatable bonds is 6. The molecule has 1 saturated heterocycles. The zero-order valence-electron chi connectivity index (χ0n) is 13.4. The van der Waals surface area contributed by atoms with Gasteiger partial charge in [-0.1, -0.05) is 6.42 Å². The number of hydrogen-bond donors (Lipinski definition) is 1. The first-order valence-electron chi connectivity index (χ1n) is 7.70. The van der Waals surface area contributed by atoms with Crippen molar-refractivity contribution in [2.24, 2.45) is 0 Å². The van der Waals surface area contributed by atoms with Gasteiger partial charge in [0, 0.05) is 19.6 Å². The minimum atomic E-state index is -0.901. The SMILES string of the molecule is CC(C)(C)OC(=O)N(CCC(=O)O)CCN1CCCCC1. The lowest BCUT2D eigenvalue weighted by Gasteiger charge is -2.31. The van der Waals surface area contributed by atoms with Crippen LogP contribution in [0.25, 0.3) is 0 Å². The molecule has 6 heteroatoms. The fourth-order valence-corrected chi connectivity index (χ4v) is 2.30. The van der Waals surface area contributed by atoms with Crippen LogP contribution in [0.15, 0.2) is 0 Å². The van der Waals surface area contributed by atoms with Crippen LogP contribution in [0.3, 0.4) is 0 Å².